The Morgan fingerprint density at radius 3 is 2.81 bits per heavy atom. The van der Waals surface area contributed by atoms with Crippen molar-refractivity contribution in [2.45, 2.75) is 25.8 Å². The van der Waals surface area contributed by atoms with Crippen LogP contribution in [0.1, 0.15) is 29.0 Å². The Bertz CT molecular complexity index is 639. The van der Waals surface area contributed by atoms with E-state index in [4.69, 9.17) is 5.73 Å². The molecule has 0 fully saturated rings. The molecule has 1 aliphatic rings. The fourth-order valence-electron chi connectivity index (χ4n) is 3.14. The van der Waals surface area contributed by atoms with E-state index in [0.717, 1.165) is 26.1 Å². The van der Waals surface area contributed by atoms with Crippen molar-refractivity contribution in [1.82, 2.24) is 0 Å². The van der Waals surface area contributed by atoms with Crippen LogP contribution in [0.3, 0.4) is 0 Å². The minimum absolute atomic E-state index is 0.570. The highest BCUT2D eigenvalue weighted by atomic mass is 79.9. The van der Waals surface area contributed by atoms with Crippen molar-refractivity contribution in [3.05, 3.63) is 63.6 Å². The van der Waals surface area contributed by atoms with Crippen LogP contribution in [0.2, 0.25) is 0 Å². The molecule has 0 saturated heterocycles. The number of nitrogens with two attached hydrogens (primary N) is 1. The largest absolute Gasteiger partial charge is 0.366 e. The Balaban J connectivity index is 1.84. The summed E-state index contributed by atoms with van der Waals surface area (Å²) in [6.07, 6.45) is 1.06. The molecule has 2 N–H and O–H groups in total. The third kappa shape index (κ3) is 2.99. The van der Waals surface area contributed by atoms with Crippen molar-refractivity contribution < 1.29 is 0 Å². The Morgan fingerprint density at radius 1 is 1.24 bits per heavy atom. The number of benzene rings is 2. The summed E-state index contributed by atoms with van der Waals surface area (Å²) >= 11 is 3.63. The number of para-hydroxylation sites is 1. The standard InChI is InChI=1S/C18H21BrN2/c1-13-6-7-14(10-17(13)19)11-21-12-15(8-9-20)16-4-2-3-5-18(16)21/h2-7,10,15H,8-9,11-12,20H2,1H3. The highest BCUT2D eigenvalue weighted by molar-refractivity contribution is 9.10. The van der Waals surface area contributed by atoms with E-state index in [1.807, 2.05) is 0 Å². The second-order valence-electron chi connectivity index (χ2n) is 5.80. The van der Waals surface area contributed by atoms with Gasteiger partial charge in [0.2, 0.25) is 0 Å². The molecule has 3 rings (SSSR count). The lowest BCUT2D eigenvalue weighted by molar-refractivity contribution is 0.644. The van der Waals surface area contributed by atoms with Crippen LogP contribution in [0.4, 0.5) is 5.69 Å². The highest BCUT2D eigenvalue weighted by Gasteiger charge is 2.27. The first kappa shape index (κ1) is 14.6. The number of hydrogen-bond acceptors (Lipinski definition) is 2. The minimum Gasteiger partial charge on any atom is -0.366 e. The summed E-state index contributed by atoms with van der Waals surface area (Å²) < 4.78 is 1.19. The van der Waals surface area contributed by atoms with Crippen LogP contribution in [0.25, 0.3) is 0 Å². The van der Waals surface area contributed by atoms with Crippen LogP contribution in [-0.2, 0) is 6.54 Å². The molecule has 1 unspecified atom stereocenters. The third-order valence-corrected chi connectivity index (χ3v) is 5.14. The zero-order chi connectivity index (χ0) is 14.8. The van der Waals surface area contributed by atoms with E-state index in [1.165, 1.54) is 26.9 Å². The number of fused-ring (bicyclic) bond motifs is 1. The van der Waals surface area contributed by atoms with Crippen LogP contribution < -0.4 is 10.6 Å². The normalized spacial score (nSPS) is 17.1. The maximum Gasteiger partial charge on any atom is 0.0430 e. The average Bonchev–Trinajstić information content (AvgIpc) is 2.82. The number of rotatable bonds is 4. The monoisotopic (exact) mass is 344 g/mol. The number of nitrogens with zero attached hydrogens (tertiary/aromatic N) is 1. The van der Waals surface area contributed by atoms with E-state index in [2.05, 4.69) is 70.2 Å². The molecule has 110 valence electrons. The SMILES string of the molecule is Cc1ccc(CN2CC(CCN)c3ccccc32)cc1Br. The van der Waals surface area contributed by atoms with E-state index in [1.54, 1.807) is 0 Å². The Morgan fingerprint density at radius 2 is 2.05 bits per heavy atom. The van der Waals surface area contributed by atoms with Gasteiger partial charge in [-0.15, -0.1) is 0 Å². The van der Waals surface area contributed by atoms with Gasteiger partial charge < -0.3 is 10.6 Å². The zero-order valence-electron chi connectivity index (χ0n) is 12.3. The molecule has 2 nitrogen and oxygen atoms in total. The number of aryl methyl sites for hydroxylation is 1. The van der Waals surface area contributed by atoms with E-state index in [0.29, 0.717) is 5.92 Å². The number of hydrogen-bond donors (Lipinski definition) is 1. The van der Waals surface area contributed by atoms with Gasteiger partial charge in [0, 0.05) is 29.2 Å². The van der Waals surface area contributed by atoms with Gasteiger partial charge in [-0.25, -0.2) is 0 Å². The Hall–Kier alpha value is -1.32. The quantitative estimate of drug-likeness (QED) is 0.899. The molecule has 1 heterocycles. The van der Waals surface area contributed by atoms with Crippen molar-refractivity contribution in [1.29, 1.82) is 0 Å². The fourth-order valence-corrected chi connectivity index (χ4v) is 3.56. The first-order valence-electron chi connectivity index (χ1n) is 7.48. The molecular formula is C18H21BrN2. The number of anilines is 1. The summed E-state index contributed by atoms with van der Waals surface area (Å²) in [5.74, 6) is 0.570. The summed E-state index contributed by atoms with van der Waals surface area (Å²) in [7, 11) is 0. The van der Waals surface area contributed by atoms with Crippen LogP contribution in [-0.4, -0.2) is 13.1 Å². The molecule has 21 heavy (non-hydrogen) atoms. The molecular weight excluding hydrogens is 324 g/mol. The Labute approximate surface area is 135 Å². The first-order valence-corrected chi connectivity index (χ1v) is 8.27. The molecule has 3 heteroatoms. The van der Waals surface area contributed by atoms with Gasteiger partial charge >= 0.3 is 0 Å². The van der Waals surface area contributed by atoms with Gasteiger partial charge in [0.25, 0.3) is 0 Å². The predicted molar refractivity (Wildman–Crippen MR) is 92.8 cm³/mol. The second-order valence-corrected chi connectivity index (χ2v) is 6.65. The summed E-state index contributed by atoms with van der Waals surface area (Å²) in [4.78, 5) is 2.48. The summed E-state index contributed by atoms with van der Waals surface area (Å²) in [6.45, 7) is 4.90. The molecule has 0 aromatic heterocycles. The predicted octanol–water partition coefficient (Wildman–Crippen LogP) is 4.21. The van der Waals surface area contributed by atoms with E-state index >= 15 is 0 Å². The maximum atomic E-state index is 5.78. The molecule has 2 aromatic rings. The second kappa shape index (κ2) is 6.20. The smallest absolute Gasteiger partial charge is 0.0430 e. The maximum absolute atomic E-state index is 5.78. The van der Waals surface area contributed by atoms with Crippen LogP contribution in [0.15, 0.2) is 46.9 Å². The fraction of sp³-hybridized carbons (Fsp3) is 0.333. The lowest BCUT2D eigenvalue weighted by Crippen LogP contribution is -2.22. The van der Waals surface area contributed by atoms with E-state index < -0.39 is 0 Å². The van der Waals surface area contributed by atoms with Gasteiger partial charge in [-0.3, -0.25) is 0 Å². The van der Waals surface area contributed by atoms with Gasteiger partial charge in [-0.05, 0) is 48.7 Å². The lowest BCUT2D eigenvalue weighted by atomic mass is 9.98. The average molecular weight is 345 g/mol. The van der Waals surface area contributed by atoms with Crippen LogP contribution in [0, 0.1) is 6.92 Å². The van der Waals surface area contributed by atoms with Crippen molar-refractivity contribution in [3.63, 3.8) is 0 Å². The zero-order valence-corrected chi connectivity index (χ0v) is 13.9. The van der Waals surface area contributed by atoms with Crippen molar-refractivity contribution in [2.75, 3.05) is 18.0 Å². The molecule has 0 saturated carbocycles. The number of halogens is 1. The molecule has 1 aliphatic heterocycles. The van der Waals surface area contributed by atoms with E-state index in [9.17, 15) is 0 Å². The first-order chi connectivity index (χ1) is 10.2. The van der Waals surface area contributed by atoms with Crippen molar-refractivity contribution in [2.24, 2.45) is 5.73 Å². The minimum atomic E-state index is 0.570. The summed E-state index contributed by atoms with van der Waals surface area (Å²) in [5.41, 5.74) is 11.2. The molecule has 0 radical (unpaired) electrons. The summed E-state index contributed by atoms with van der Waals surface area (Å²) in [6, 6.07) is 15.4. The van der Waals surface area contributed by atoms with E-state index in [-0.39, 0.29) is 0 Å². The molecule has 0 amide bonds. The third-order valence-electron chi connectivity index (χ3n) is 4.28. The Kier molecular flexibility index (Phi) is 4.32. The van der Waals surface area contributed by atoms with Gasteiger partial charge in [0.05, 0.1) is 0 Å². The van der Waals surface area contributed by atoms with Crippen LogP contribution >= 0.6 is 15.9 Å². The molecule has 2 aromatic carbocycles. The molecule has 0 spiro atoms. The van der Waals surface area contributed by atoms with Gasteiger partial charge in [-0.2, -0.15) is 0 Å². The lowest BCUT2D eigenvalue weighted by Gasteiger charge is -2.20. The topological polar surface area (TPSA) is 29.3 Å². The summed E-state index contributed by atoms with van der Waals surface area (Å²) in [5, 5.41) is 0. The molecule has 0 aliphatic carbocycles. The molecule has 1 atom stereocenters. The molecule has 0 bridgehead atoms. The van der Waals surface area contributed by atoms with Gasteiger partial charge in [0.1, 0.15) is 0 Å². The van der Waals surface area contributed by atoms with Crippen LogP contribution in [0.5, 0.6) is 0 Å². The van der Waals surface area contributed by atoms with Crippen molar-refractivity contribution in [3.8, 4) is 0 Å². The highest BCUT2D eigenvalue weighted by Crippen LogP contribution is 2.38. The van der Waals surface area contributed by atoms with Crippen molar-refractivity contribution >= 4 is 21.6 Å². The van der Waals surface area contributed by atoms with Gasteiger partial charge in [-0.1, -0.05) is 46.3 Å². The van der Waals surface area contributed by atoms with Gasteiger partial charge in [0.15, 0.2) is 0 Å².